The molecule has 2 rings (SSSR count). The Morgan fingerprint density at radius 2 is 2.08 bits per heavy atom. The Bertz CT molecular complexity index is 716. The Balaban J connectivity index is 2.15. The second-order valence-electron chi connectivity index (χ2n) is 5.53. The molecule has 0 spiro atoms. The minimum Gasteiger partial charge on any atom is -0.462 e. The van der Waals surface area contributed by atoms with E-state index in [9.17, 15) is 26.4 Å². The Morgan fingerprint density at radius 3 is 2.65 bits per heavy atom. The van der Waals surface area contributed by atoms with Gasteiger partial charge < -0.3 is 10.1 Å². The maximum atomic E-state index is 13.3. The van der Waals surface area contributed by atoms with E-state index in [4.69, 9.17) is 4.74 Å². The molecule has 0 bridgehead atoms. The fraction of sp³-hybridized carbons (Fsp3) is 0.692. The van der Waals surface area contributed by atoms with Gasteiger partial charge in [0.1, 0.15) is 11.6 Å². The lowest BCUT2D eigenvalue weighted by Gasteiger charge is -2.35. The van der Waals surface area contributed by atoms with Crippen molar-refractivity contribution < 1.29 is 31.1 Å². The number of carbonyl (C=O) groups excluding carboxylic acids is 1. The number of nitrogens with zero attached hydrogens (tertiary/aromatic N) is 2. The fourth-order valence-corrected chi connectivity index (χ4v) is 3.66. The average Bonchev–Trinajstić information content (AvgIpc) is 3.05. The molecule has 0 aliphatic carbocycles. The van der Waals surface area contributed by atoms with E-state index < -0.39 is 39.8 Å². The summed E-state index contributed by atoms with van der Waals surface area (Å²) in [6.07, 6.45) is -3.66. The molecule has 1 aromatic rings. The highest BCUT2D eigenvalue weighted by Gasteiger charge is 2.44. The largest absolute Gasteiger partial charge is 0.462 e. The van der Waals surface area contributed by atoms with E-state index in [1.807, 2.05) is 4.72 Å². The summed E-state index contributed by atoms with van der Waals surface area (Å²) in [5, 5.41) is 7.90. The van der Waals surface area contributed by atoms with Crippen molar-refractivity contribution in [3.05, 3.63) is 11.8 Å². The van der Waals surface area contributed by atoms with Gasteiger partial charge in [-0.05, 0) is 6.92 Å². The summed E-state index contributed by atoms with van der Waals surface area (Å²) in [5.74, 6) is -0.934. The molecule has 1 fully saturated rings. The lowest BCUT2D eigenvalue weighted by Crippen LogP contribution is -2.57. The topological polar surface area (TPSA) is 116 Å². The van der Waals surface area contributed by atoms with Crippen LogP contribution in [0.15, 0.2) is 11.2 Å². The first-order valence-corrected chi connectivity index (χ1v) is 9.36. The molecule has 26 heavy (non-hydrogen) atoms. The van der Waals surface area contributed by atoms with Crippen molar-refractivity contribution in [2.45, 2.75) is 24.2 Å². The summed E-state index contributed by atoms with van der Waals surface area (Å²) in [7, 11) is -4.42. The first kappa shape index (κ1) is 20.6. The lowest BCUT2D eigenvalue weighted by molar-refractivity contribution is -0.182. The van der Waals surface area contributed by atoms with Crippen LogP contribution in [0.25, 0.3) is 0 Å². The lowest BCUT2D eigenvalue weighted by atomic mass is 10.2. The van der Waals surface area contributed by atoms with Crippen LogP contribution in [0.4, 0.5) is 13.2 Å². The number of halogens is 3. The van der Waals surface area contributed by atoms with Gasteiger partial charge in [0.25, 0.3) is 10.0 Å². The number of rotatable bonds is 7. The second-order valence-corrected chi connectivity index (χ2v) is 7.23. The number of carbonyl (C=O) groups is 1. The van der Waals surface area contributed by atoms with Crippen LogP contribution < -0.4 is 10.0 Å². The number of hydrogen-bond donors (Lipinski definition) is 3. The molecule has 1 aliphatic rings. The van der Waals surface area contributed by atoms with Gasteiger partial charge in [0.05, 0.1) is 12.8 Å². The van der Waals surface area contributed by atoms with Gasteiger partial charge in [0, 0.05) is 32.7 Å². The Morgan fingerprint density at radius 1 is 1.42 bits per heavy atom. The molecule has 13 heteroatoms. The predicted octanol–water partition coefficient (Wildman–Crippen LogP) is -0.299. The molecule has 1 aromatic heterocycles. The van der Waals surface area contributed by atoms with E-state index >= 15 is 0 Å². The van der Waals surface area contributed by atoms with Crippen molar-refractivity contribution >= 4 is 16.0 Å². The van der Waals surface area contributed by atoms with Crippen LogP contribution in [0.2, 0.25) is 0 Å². The fourth-order valence-electron chi connectivity index (χ4n) is 2.54. The number of sulfonamides is 1. The maximum absolute atomic E-state index is 13.3. The normalized spacial score (nSPS) is 17.8. The molecule has 2 heterocycles. The summed E-state index contributed by atoms with van der Waals surface area (Å²) in [5.41, 5.74) is -0.370. The Labute approximate surface area is 148 Å². The number of piperazine rings is 1. The molecule has 0 radical (unpaired) electrons. The van der Waals surface area contributed by atoms with Gasteiger partial charge in [-0.25, -0.2) is 17.9 Å². The highest BCUT2D eigenvalue weighted by Crippen LogP contribution is 2.25. The molecular formula is C13H20F3N5O4S. The molecule has 1 atom stereocenters. The number of aromatic nitrogens is 2. The van der Waals surface area contributed by atoms with Crippen LogP contribution in [0.5, 0.6) is 0 Å². The number of esters is 1. The number of H-pyrrole nitrogens is 1. The van der Waals surface area contributed by atoms with E-state index in [0.29, 0.717) is 13.1 Å². The second kappa shape index (κ2) is 8.33. The molecule has 1 unspecified atom stereocenters. The number of ether oxygens (including phenoxy) is 1. The zero-order chi connectivity index (χ0) is 19.4. The minimum absolute atomic E-state index is 0.00999. The molecular weight excluding hydrogens is 379 g/mol. The summed E-state index contributed by atoms with van der Waals surface area (Å²) in [4.78, 5) is 12.9. The van der Waals surface area contributed by atoms with Crippen LogP contribution in [-0.2, 0) is 14.8 Å². The van der Waals surface area contributed by atoms with Gasteiger partial charge in [-0.2, -0.15) is 18.3 Å². The van der Waals surface area contributed by atoms with E-state index in [-0.39, 0.29) is 25.3 Å². The zero-order valence-corrected chi connectivity index (χ0v) is 14.8. The maximum Gasteiger partial charge on any atom is 0.405 e. The van der Waals surface area contributed by atoms with Crippen molar-refractivity contribution in [3.8, 4) is 0 Å². The smallest absolute Gasteiger partial charge is 0.405 e. The highest BCUT2D eigenvalue weighted by atomic mass is 32.2. The molecule has 0 amide bonds. The van der Waals surface area contributed by atoms with Crippen molar-refractivity contribution in [3.63, 3.8) is 0 Å². The van der Waals surface area contributed by atoms with Crippen LogP contribution in [0.3, 0.4) is 0 Å². The first-order valence-electron chi connectivity index (χ1n) is 7.88. The third kappa shape index (κ3) is 4.93. The number of alkyl halides is 3. The molecule has 0 saturated carbocycles. The number of aromatic amines is 1. The van der Waals surface area contributed by atoms with E-state index in [2.05, 4.69) is 15.5 Å². The monoisotopic (exact) mass is 399 g/mol. The van der Waals surface area contributed by atoms with Crippen molar-refractivity contribution in [2.75, 3.05) is 39.3 Å². The van der Waals surface area contributed by atoms with Crippen LogP contribution in [-0.4, -0.2) is 81.0 Å². The van der Waals surface area contributed by atoms with Gasteiger partial charge in [-0.1, -0.05) is 0 Å². The average molecular weight is 399 g/mol. The molecule has 1 saturated heterocycles. The molecule has 3 N–H and O–H groups in total. The highest BCUT2D eigenvalue weighted by molar-refractivity contribution is 7.89. The van der Waals surface area contributed by atoms with E-state index in [0.717, 1.165) is 11.1 Å². The third-order valence-corrected chi connectivity index (χ3v) is 5.20. The van der Waals surface area contributed by atoms with Gasteiger partial charge in [-0.3, -0.25) is 10.00 Å². The Hall–Kier alpha value is -1.70. The molecule has 1 aliphatic heterocycles. The minimum atomic E-state index is -4.61. The van der Waals surface area contributed by atoms with Crippen molar-refractivity contribution in [1.82, 2.24) is 25.1 Å². The van der Waals surface area contributed by atoms with Gasteiger partial charge in [0.2, 0.25) is 0 Å². The van der Waals surface area contributed by atoms with Crippen molar-refractivity contribution in [1.29, 1.82) is 0 Å². The van der Waals surface area contributed by atoms with Crippen LogP contribution in [0.1, 0.15) is 17.3 Å². The summed E-state index contributed by atoms with van der Waals surface area (Å²) in [6.45, 7) is 1.71. The van der Waals surface area contributed by atoms with E-state index in [1.165, 1.54) is 6.92 Å². The predicted molar refractivity (Wildman–Crippen MR) is 84.0 cm³/mol. The first-order chi connectivity index (χ1) is 12.2. The molecule has 9 nitrogen and oxygen atoms in total. The zero-order valence-electron chi connectivity index (χ0n) is 14.0. The van der Waals surface area contributed by atoms with Gasteiger partial charge >= 0.3 is 12.1 Å². The van der Waals surface area contributed by atoms with Crippen molar-refractivity contribution in [2.24, 2.45) is 0 Å². The Kier molecular flexibility index (Phi) is 6.60. The van der Waals surface area contributed by atoms with Crippen LogP contribution >= 0.6 is 0 Å². The molecule has 148 valence electrons. The quantitative estimate of drug-likeness (QED) is 0.539. The standard InChI is InChI=1S/C13H20F3N5O4S/c1-2-25-12(22)9-7-18-20-11(9)26(23,24)19-8-10(13(14,15)16)21-5-3-17-4-6-21/h7,10,17,19H,2-6,8H2,1H3,(H,18,20). The van der Waals surface area contributed by atoms with Crippen LogP contribution in [0, 0.1) is 0 Å². The number of hydrogen-bond acceptors (Lipinski definition) is 7. The third-order valence-electron chi connectivity index (χ3n) is 3.81. The summed E-state index contributed by atoms with van der Waals surface area (Å²) < 4.78 is 71.3. The summed E-state index contributed by atoms with van der Waals surface area (Å²) >= 11 is 0. The molecule has 0 aromatic carbocycles. The summed E-state index contributed by atoms with van der Waals surface area (Å²) in [6, 6.07) is -1.98. The van der Waals surface area contributed by atoms with Gasteiger partial charge in [-0.15, -0.1) is 0 Å². The van der Waals surface area contributed by atoms with Gasteiger partial charge in [0.15, 0.2) is 5.03 Å². The SMILES string of the molecule is CCOC(=O)c1cn[nH]c1S(=O)(=O)NCC(N1CCNCC1)C(F)(F)F. The van der Waals surface area contributed by atoms with E-state index in [1.54, 1.807) is 0 Å². The number of nitrogens with one attached hydrogen (secondary N) is 3.